The molecular formula is C21H29O4P. The first-order valence-corrected chi connectivity index (χ1v) is 10.4. The molecule has 0 radical (unpaired) electrons. The molecule has 26 heavy (non-hydrogen) atoms. The summed E-state index contributed by atoms with van der Waals surface area (Å²) in [5.41, 5.74) is 0.501. The highest BCUT2D eigenvalue weighted by atomic mass is 31.1. The first-order valence-electron chi connectivity index (χ1n) is 9.28. The third kappa shape index (κ3) is 10.9. The first-order chi connectivity index (χ1) is 12.6. The fourth-order valence-corrected chi connectivity index (χ4v) is 2.84. The number of phenolic OH excluding ortho intramolecular Hbond substituents is 1. The predicted molar refractivity (Wildman–Crippen MR) is 106 cm³/mol. The molecule has 1 aromatic carbocycles. The third-order valence-corrected chi connectivity index (χ3v) is 4.23. The van der Waals surface area contributed by atoms with Crippen LogP contribution in [0.4, 0.5) is 0 Å². The Morgan fingerprint density at radius 2 is 1.73 bits per heavy atom. The van der Waals surface area contributed by atoms with E-state index in [1.807, 2.05) is 18.2 Å². The van der Waals surface area contributed by atoms with Crippen LogP contribution in [0.1, 0.15) is 63.9 Å². The van der Waals surface area contributed by atoms with Crippen molar-refractivity contribution in [3.05, 3.63) is 54.1 Å². The van der Waals surface area contributed by atoms with Gasteiger partial charge in [-0.15, -0.1) is 0 Å². The van der Waals surface area contributed by atoms with Crippen molar-refractivity contribution in [1.29, 1.82) is 0 Å². The Morgan fingerprint density at radius 3 is 2.46 bits per heavy atom. The second-order valence-corrected chi connectivity index (χ2v) is 6.75. The summed E-state index contributed by atoms with van der Waals surface area (Å²) in [6, 6.07) is 4.26. The maximum absolute atomic E-state index is 10.7. The lowest BCUT2D eigenvalue weighted by Gasteiger charge is -2.01. The molecule has 1 atom stereocenters. The van der Waals surface area contributed by atoms with Crippen molar-refractivity contribution in [2.24, 2.45) is 0 Å². The summed E-state index contributed by atoms with van der Waals surface area (Å²) in [5.74, 6) is 0.245. The Hall–Kier alpha value is -1.90. The van der Waals surface area contributed by atoms with Crippen LogP contribution in [0.2, 0.25) is 0 Å². The van der Waals surface area contributed by atoms with E-state index in [-0.39, 0.29) is 11.5 Å². The van der Waals surface area contributed by atoms with Gasteiger partial charge in [0.15, 0.2) is 5.75 Å². The van der Waals surface area contributed by atoms with E-state index >= 15 is 0 Å². The van der Waals surface area contributed by atoms with Gasteiger partial charge in [0.05, 0.1) is 0 Å². The summed E-state index contributed by atoms with van der Waals surface area (Å²) in [6.45, 7) is 2.24. The van der Waals surface area contributed by atoms with Crippen molar-refractivity contribution in [2.75, 3.05) is 0 Å². The quantitative estimate of drug-likeness (QED) is 0.258. The molecular weight excluding hydrogens is 347 g/mol. The molecule has 4 nitrogen and oxygen atoms in total. The molecule has 0 aliphatic heterocycles. The average molecular weight is 376 g/mol. The molecule has 0 aromatic heterocycles. The molecule has 1 aromatic rings. The summed E-state index contributed by atoms with van der Waals surface area (Å²) < 4.78 is 15.4. The van der Waals surface area contributed by atoms with E-state index in [1.54, 1.807) is 12.2 Å². The van der Waals surface area contributed by atoms with Gasteiger partial charge in [-0.05, 0) is 35.6 Å². The van der Waals surface area contributed by atoms with Crippen molar-refractivity contribution >= 4 is 14.3 Å². The van der Waals surface area contributed by atoms with Gasteiger partial charge in [-0.25, -0.2) is 0 Å². The molecule has 0 aliphatic carbocycles. The first kappa shape index (κ1) is 22.1. The van der Waals surface area contributed by atoms with Crippen LogP contribution in [-0.4, -0.2) is 5.11 Å². The van der Waals surface area contributed by atoms with E-state index in [4.69, 9.17) is 4.52 Å². The Kier molecular flexibility index (Phi) is 12.2. The standard InChI is InChI=1S/C21H29O4P/c1-2-3-4-5-6-7-8-9-10-11-12-13-14-15-19-18-20(22)16-17-21(19)25-26(23)24/h10-18,22H,2-9H2,1H3. The number of rotatable bonds is 13. The lowest BCUT2D eigenvalue weighted by molar-refractivity contribution is -0.178. The van der Waals surface area contributed by atoms with Crippen molar-refractivity contribution in [1.82, 2.24) is 0 Å². The number of allylic oxidation sites excluding steroid dienone is 5. The molecule has 1 rings (SSSR count). The highest BCUT2D eigenvalue weighted by molar-refractivity contribution is 7.31. The Bertz CT molecular complexity index is 620. The summed E-state index contributed by atoms with van der Waals surface area (Å²) >= 11 is 0. The van der Waals surface area contributed by atoms with E-state index in [0.29, 0.717) is 5.56 Å². The molecule has 142 valence electrons. The molecule has 0 fully saturated rings. The average Bonchev–Trinajstić information content (AvgIpc) is 2.61. The summed E-state index contributed by atoms with van der Waals surface area (Å²) in [6.07, 6.45) is 21.7. The fourth-order valence-electron chi connectivity index (χ4n) is 2.51. The second-order valence-electron chi connectivity index (χ2n) is 6.12. The molecule has 5 heteroatoms. The van der Waals surface area contributed by atoms with Crippen molar-refractivity contribution in [2.45, 2.75) is 58.3 Å². The SMILES string of the molecule is CCCCCCCCCC=CC=CC=Cc1cc(O)ccc1O[P+](=O)[O-]. The number of aromatic hydroxyl groups is 1. The molecule has 0 saturated heterocycles. The van der Waals surface area contributed by atoms with Gasteiger partial charge in [-0.3, -0.25) is 4.52 Å². The van der Waals surface area contributed by atoms with Crippen LogP contribution in [0.15, 0.2) is 48.6 Å². The van der Waals surface area contributed by atoms with Gasteiger partial charge in [0.25, 0.3) is 0 Å². The molecule has 0 saturated carbocycles. The number of benzene rings is 1. The van der Waals surface area contributed by atoms with Crippen molar-refractivity contribution < 1.29 is 19.1 Å². The van der Waals surface area contributed by atoms with Crippen LogP contribution < -0.4 is 9.42 Å². The zero-order valence-electron chi connectivity index (χ0n) is 15.5. The zero-order chi connectivity index (χ0) is 19.0. The summed E-state index contributed by atoms with van der Waals surface area (Å²) in [4.78, 5) is 10.7. The third-order valence-electron chi connectivity index (χ3n) is 3.89. The maximum Gasteiger partial charge on any atom is 0.539 e. The van der Waals surface area contributed by atoms with E-state index in [0.717, 1.165) is 6.42 Å². The Balaban J connectivity index is 2.31. The topological polar surface area (TPSA) is 69.6 Å². The molecule has 1 unspecified atom stereocenters. The number of phenols is 1. The van der Waals surface area contributed by atoms with Gasteiger partial charge >= 0.3 is 8.25 Å². The maximum atomic E-state index is 10.7. The molecule has 0 heterocycles. The molecule has 0 spiro atoms. The minimum absolute atomic E-state index is 0.0525. The van der Waals surface area contributed by atoms with Gasteiger partial charge in [0.1, 0.15) is 5.75 Å². The number of unbranched alkanes of at least 4 members (excludes halogenated alkanes) is 7. The lowest BCUT2D eigenvalue weighted by atomic mass is 10.1. The fraction of sp³-hybridized carbons (Fsp3) is 0.429. The van der Waals surface area contributed by atoms with Gasteiger partial charge in [0, 0.05) is 5.56 Å². The monoisotopic (exact) mass is 376 g/mol. The van der Waals surface area contributed by atoms with Crippen LogP contribution >= 0.6 is 8.25 Å². The highest BCUT2D eigenvalue weighted by Crippen LogP contribution is 2.29. The van der Waals surface area contributed by atoms with Gasteiger partial charge < -0.3 is 10.00 Å². The van der Waals surface area contributed by atoms with E-state index in [2.05, 4.69) is 13.0 Å². The van der Waals surface area contributed by atoms with Gasteiger partial charge in [-0.2, -0.15) is 0 Å². The summed E-state index contributed by atoms with van der Waals surface area (Å²) in [5, 5.41) is 9.51. The molecule has 0 aliphatic rings. The highest BCUT2D eigenvalue weighted by Gasteiger charge is 2.09. The van der Waals surface area contributed by atoms with Crippen LogP contribution in [-0.2, 0) is 4.57 Å². The van der Waals surface area contributed by atoms with E-state index < -0.39 is 8.25 Å². The zero-order valence-corrected chi connectivity index (χ0v) is 16.4. The summed E-state index contributed by atoms with van der Waals surface area (Å²) in [7, 11) is -2.98. The smallest absolute Gasteiger partial charge is 0.539 e. The minimum atomic E-state index is -2.98. The lowest BCUT2D eigenvalue weighted by Crippen LogP contribution is -1.94. The van der Waals surface area contributed by atoms with E-state index in [1.165, 1.54) is 63.1 Å². The molecule has 0 bridgehead atoms. The second kappa shape index (κ2) is 14.3. The Morgan fingerprint density at radius 1 is 1.04 bits per heavy atom. The van der Waals surface area contributed by atoms with Crippen LogP contribution in [0.3, 0.4) is 0 Å². The van der Waals surface area contributed by atoms with Crippen molar-refractivity contribution in [3.8, 4) is 11.5 Å². The van der Waals surface area contributed by atoms with Crippen molar-refractivity contribution in [3.63, 3.8) is 0 Å². The normalized spacial score (nSPS) is 12.5. The molecule has 0 amide bonds. The van der Waals surface area contributed by atoms with Crippen LogP contribution in [0, 0.1) is 0 Å². The Labute approximate surface area is 157 Å². The van der Waals surface area contributed by atoms with Gasteiger partial charge in [-0.1, -0.05) is 81.9 Å². The number of hydrogen-bond acceptors (Lipinski definition) is 4. The predicted octanol–water partition coefficient (Wildman–Crippen LogP) is 6.06. The van der Waals surface area contributed by atoms with Crippen LogP contribution in [0.25, 0.3) is 6.08 Å². The number of hydrogen-bond donors (Lipinski definition) is 1. The largest absolute Gasteiger partial charge is 0.558 e. The molecule has 1 N–H and O–H groups in total. The van der Waals surface area contributed by atoms with Crippen LogP contribution in [0.5, 0.6) is 11.5 Å². The minimum Gasteiger partial charge on any atom is -0.558 e. The van der Waals surface area contributed by atoms with Gasteiger partial charge in [0.2, 0.25) is 0 Å². The van der Waals surface area contributed by atoms with E-state index in [9.17, 15) is 14.6 Å².